The van der Waals surface area contributed by atoms with E-state index in [-0.39, 0.29) is 32.5 Å². The van der Waals surface area contributed by atoms with Crippen LogP contribution in [0.3, 0.4) is 0 Å². The third-order valence-corrected chi connectivity index (χ3v) is 11.0. The molecule has 0 aliphatic rings. The van der Waals surface area contributed by atoms with E-state index in [1.165, 1.54) is 0 Å². The van der Waals surface area contributed by atoms with Gasteiger partial charge in [-0.1, -0.05) is 173 Å². The first-order chi connectivity index (χ1) is 24.7. The van der Waals surface area contributed by atoms with Crippen molar-refractivity contribution in [3.63, 3.8) is 0 Å². The van der Waals surface area contributed by atoms with Crippen molar-refractivity contribution in [2.45, 2.75) is 176 Å². The van der Waals surface area contributed by atoms with Gasteiger partial charge in [0.25, 0.3) is 0 Å². The molecule has 4 aromatic rings. The van der Waals surface area contributed by atoms with E-state index in [9.17, 15) is 15.3 Å². The number of nitrogens with two attached hydrogens (primary N) is 1. The lowest BCUT2D eigenvalue weighted by atomic mass is 9.77. The number of aromatic hydroxyl groups is 3. The van der Waals surface area contributed by atoms with Gasteiger partial charge in [0.2, 0.25) is 0 Å². The molecule has 0 aliphatic heterocycles. The Balaban J connectivity index is 2.01. The van der Waals surface area contributed by atoms with Crippen molar-refractivity contribution in [1.29, 1.82) is 0 Å². The topological polar surface area (TPSA) is 86.7 Å². The summed E-state index contributed by atoms with van der Waals surface area (Å²) in [5.41, 5.74) is 18.8. The maximum atomic E-state index is 11.5. The van der Waals surface area contributed by atoms with Gasteiger partial charge in [0, 0.05) is 5.69 Å². The van der Waals surface area contributed by atoms with E-state index in [0.717, 1.165) is 72.4 Å². The standard InChI is InChI=1S/C51H73NO3/c1-46(2,3)36-24-31(25-37(43(36)53)47(4,5)6)19-30-20-34(22-32-26-38(48(7,8)9)44(54)39(27-32)49(10,11)12)42(52)35(21-30)23-33-28-40(50(13,14)15)45(55)41(29-33)51(16,17)18/h20-21,24-29,53-55H,19,22-23,52H2,1-18H3. The molecule has 0 fully saturated rings. The van der Waals surface area contributed by atoms with E-state index < -0.39 is 0 Å². The highest BCUT2D eigenvalue weighted by Gasteiger charge is 2.30. The van der Waals surface area contributed by atoms with Gasteiger partial charge < -0.3 is 21.1 Å². The molecule has 55 heavy (non-hydrogen) atoms. The molecule has 0 unspecified atom stereocenters. The molecular weight excluding hydrogens is 675 g/mol. The van der Waals surface area contributed by atoms with Gasteiger partial charge in [-0.05, 0) is 119 Å². The average Bonchev–Trinajstić information content (AvgIpc) is 2.98. The van der Waals surface area contributed by atoms with Crippen LogP contribution in [0.5, 0.6) is 17.2 Å². The summed E-state index contributed by atoms with van der Waals surface area (Å²) in [5.74, 6) is 1.13. The van der Waals surface area contributed by atoms with Crippen LogP contribution in [0.15, 0.2) is 48.5 Å². The average molecular weight is 748 g/mol. The third-order valence-electron chi connectivity index (χ3n) is 11.0. The van der Waals surface area contributed by atoms with E-state index in [1.807, 2.05) is 0 Å². The van der Waals surface area contributed by atoms with Crippen LogP contribution in [0, 0.1) is 0 Å². The van der Waals surface area contributed by atoms with Crippen LogP contribution >= 0.6 is 0 Å². The SMILES string of the molecule is CC(C)(C)c1cc(Cc2cc(Cc3cc(C(C)(C)C)c(O)c(C(C)(C)C)c3)c(N)c(Cc3cc(C(C)(C)C)c(O)c(C(C)(C)C)c3)c2)cc(C(C)(C)C)c1O. The zero-order valence-corrected chi connectivity index (χ0v) is 37.7. The molecule has 0 saturated carbocycles. The monoisotopic (exact) mass is 748 g/mol. The zero-order chi connectivity index (χ0) is 42.0. The van der Waals surface area contributed by atoms with Crippen LogP contribution in [0.25, 0.3) is 0 Å². The molecule has 4 heteroatoms. The number of nitrogen functional groups attached to an aromatic ring is 1. The highest BCUT2D eigenvalue weighted by atomic mass is 16.3. The molecule has 4 aromatic carbocycles. The third kappa shape index (κ3) is 9.91. The van der Waals surface area contributed by atoms with Crippen molar-refractivity contribution in [3.05, 3.63) is 115 Å². The van der Waals surface area contributed by atoms with Crippen LogP contribution in [0.4, 0.5) is 5.69 Å². The summed E-state index contributed by atoms with van der Waals surface area (Å²) in [6, 6.07) is 17.5. The fourth-order valence-corrected chi connectivity index (χ4v) is 7.74. The van der Waals surface area contributed by atoms with Gasteiger partial charge in [-0.3, -0.25) is 0 Å². The van der Waals surface area contributed by atoms with Crippen molar-refractivity contribution < 1.29 is 15.3 Å². The smallest absolute Gasteiger partial charge is 0.123 e. The number of phenolic OH excluding ortho intramolecular Hbond substituents is 3. The van der Waals surface area contributed by atoms with Gasteiger partial charge in [0.15, 0.2) is 0 Å². The van der Waals surface area contributed by atoms with Crippen molar-refractivity contribution in [3.8, 4) is 17.2 Å². The minimum Gasteiger partial charge on any atom is -0.507 e. The summed E-state index contributed by atoms with van der Waals surface area (Å²) in [5, 5.41) is 34.5. The maximum absolute atomic E-state index is 11.5. The van der Waals surface area contributed by atoms with Gasteiger partial charge in [0.05, 0.1) is 0 Å². The summed E-state index contributed by atoms with van der Waals surface area (Å²) in [6.07, 6.45) is 1.91. The molecule has 4 nitrogen and oxygen atoms in total. The van der Waals surface area contributed by atoms with Crippen LogP contribution in [-0.2, 0) is 51.8 Å². The van der Waals surface area contributed by atoms with Gasteiger partial charge in [-0.15, -0.1) is 0 Å². The van der Waals surface area contributed by atoms with Gasteiger partial charge >= 0.3 is 0 Å². The van der Waals surface area contributed by atoms with E-state index in [4.69, 9.17) is 5.73 Å². The number of anilines is 1. The number of hydrogen-bond donors (Lipinski definition) is 4. The second kappa shape index (κ2) is 14.5. The molecule has 0 spiro atoms. The second-order valence-corrected chi connectivity index (χ2v) is 22.5. The molecule has 0 bridgehead atoms. The van der Waals surface area contributed by atoms with E-state index >= 15 is 0 Å². The Morgan fingerprint density at radius 2 is 0.509 bits per heavy atom. The summed E-state index contributed by atoms with van der Waals surface area (Å²) in [4.78, 5) is 0. The van der Waals surface area contributed by atoms with Gasteiger partial charge in [-0.2, -0.15) is 0 Å². The van der Waals surface area contributed by atoms with Crippen LogP contribution in [-0.4, -0.2) is 15.3 Å². The normalized spacial score (nSPS) is 13.4. The molecule has 0 atom stereocenters. The highest BCUT2D eigenvalue weighted by molar-refractivity contribution is 5.61. The Morgan fingerprint density at radius 3 is 0.709 bits per heavy atom. The number of phenols is 3. The van der Waals surface area contributed by atoms with Crippen LogP contribution < -0.4 is 5.73 Å². The Kier molecular flexibility index (Phi) is 11.6. The first kappa shape index (κ1) is 43.8. The number of hydrogen-bond acceptors (Lipinski definition) is 4. The van der Waals surface area contributed by atoms with Crippen molar-refractivity contribution in [2.24, 2.45) is 0 Å². The Hall–Kier alpha value is -3.92. The lowest BCUT2D eigenvalue weighted by molar-refractivity contribution is 0.422. The summed E-state index contributed by atoms with van der Waals surface area (Å²) in [6.45, 7) is 38.7. The quantitative estimate of drug-likeness (QED) is 0.148. The lowest BCUT2D eigenvalue weighted by Gasteiger charge is -2.29. The predicted molar refractivity (Wildman–Crippen MR) is 236 cm³/mol. The Labute approximate surface area is 334 Å². The fourth-order valence-electron chi connectivity index (χ4n) is 7.74. The summed E-state index contributed by atoms with van der Waals surface area (Å²) < 4.78 is 0. The molecule has 5 N–H and O–H groups in total. The van der Waals surface area contributed by atoms with Crippen molar-refractivity contribution >= 4 is 5.69 Å². The van der Waals surface area contributed by atoms with Crippen molar-refractivity contribution in [2.75, 3.05) is 5.73 Å². The molecule has 0 aliphatic carbocycles. The molecular formula is C51H73NO3. The zero-order valence-electron chi connectivity index (χ0n) is 37.7. The van der Waals surface area contributed by atoms with Crippen LogP contribution in [0.1, 0.15) is 191 Å². The first-order valence-corrected chi connectivity index (χ1v) is 20.2. The van der Waals surface area contributed by atoms with Gasteiger partial charge in [-0.25, -0.2) is 0 Å². The van der Waals surface area contributed by atoms with E-state index in [1.54, 1.807) is 0 Å². The Morgan fingerprint density at radius 1 is 0.327 bits per heavy atom. The molecule has 300 valence electrons. The molecule has 0 amide bonds. The highest BCUT2D eigenvalue weighted by Crippen LogP contribution is 2.44. The minimum atomic E-state index is -0.249. The maximum Gasteiger partial charge on any atom is 0.123 e. The van der Waals surface area contributed by atoms with Gasteiger partial charge in [0.1, 0.15) is 17.2 Å². The molecule has 0 heterocycles. The molecule has 0 saturated heterocycles. The lowest BCUT2D eigenvalue weighted by Crippen LogP contribution is -2.18. The molecule has 0 radical (unpaired) electrons. The van der Waals surface area contributed by atoms with Crippen LogP contribution in [0.2, 0.25) is 0 Å². The molecule has 0 aromatic heterocycles. The predicted octanol–water partition coefficient (Wildman–Crippen LogP) is 12.9. The second-order valence-electron chi connectivity index (χ2n) is 22.5. The summed E-state index contributed by atoms with van der Waals surface area (Å²) >= 11 is 0. The van der Waals surface area contributed by atoms with E-state index in [0.29, 0.717) is 36.5 Å². The Bertz CT molecular complexity index is 1850. The minimum absolute atomic E-state index is 0.236. The largest absolute Gasteiger partial charge is 0.507 e. The summed E-state index contributed by atoms with van der Waals surface area (Å²) in [7, 11) is 0. The fraction of sp³-hybridized carbons (Fsp3) is 0.529. The first-order valence-electron chi connectivity index (χ1n) is 20.2. The number of rotatable bonds is 6. The molecule has 4 rings (SSSR count). The van der Waals surface area contributed by atoms with Crippen molar-refractivity contribution in [1.82, 2.24) is 0 Å². The van der Waals surface area contributed by atoms with E-state index in [2.05, 4.69) is 173 Å². The number of benzene rings is 4.